The van der Waals surface area contributed by atoms with E-state index in [0.29, 0.717) is 0 Å². The lowest BCUT2D eigenvalue weighted by Gasteiger charge is -2.37. The molecule has 0 heterocycles. The molecule has 0 aromatic carbocycles. The molecule has 0 amide bonds. The molecule has 2 fully saturated rings. The van der Waals surface area contributed by atoms with Gasteiger partial charge in [-0.3, -0.25) is 0 Å². The molecular weight excluding hydrogens is 194 g/mol. The molecule has 0 aliphatic heterocycles. The summed E-state index contributed by atoms with van der Waals surface area (Å²) in [5, 5.41) is 3.95. The number of rotatable bonds is 2. The van der Waals surface area contributed by atoms with Gasteiger partial charge in [0.05, 0.1) is 0 Å². The molecule has 3 aliphatic carbocycles. The summed E-state index contributed by atoms with van der Waals surface area (Å²) in [5.41, 5.74) is 1.80. The summed E-state index contributed by atoms with van der Waals surface area (Å²) >= 11 is 0. The minimum atomic E-state index is 0.752. The summed E-state index contributed by atoms with van der Waals surface area (Å²) in [7, 11) is 0. The molecule has 2 atom stereocenters. The van der Waals surface area contributed by atoms with Gasteiger partial charge >= 0.3 is 0 Å². The van der Waals surface area contributed by atoms with E-state index in [0.717, 1.165) is 18.0 Å². The molecule has 1 heteroatoms. The standard InChI is InChI=1S/C15H25N/c1-4-10-14-12(6-1)7-5-11-15(14)16-13-8-2-3-9-13/h10,12-13,15-16H,1-9,11H2. The molecule has 0 aromatic rings. The van der Waals surface area contributed by atoms with Gasteiger partial charge < -0.3 is 5.32 Å². The topological polar surface area (TPSA) is 12.0 Å². The fraction of sp³-hybridized carbons (Fsp3) is 0.867. The normalized spacial score (nSPS) is 35.9. The minimum absolute atomic E-state index is 0.752. The van der Waals surface area contributed by atoms with Gasteiger partial charge in [0.2, 0.25) is 0 Å². The molecule has 3 aliphatic rings. The second kappa shape index (κ2) is 4.91. The Hall–Kier alpha value is -0.300. The molecule has 2 unspecified atom stereocenters. The van der Waals surface area contributed by atoms with E-state index in [1.54, 1.807) is 5.57 Å². The predicted molar refractivity (Wildman–Crippen MR) is 68.5 cm³/mol. The van der Waals surface area contributed by atoms with Crippen molar-refractivity contribution in [2.75, 3.05) is 0 Å². The van der Waals surface area contributed by atoms with Crippen molar-refractivity contribution in [3.8, 4) is 0 Å². The van der Waals surface area contributed by atoms with E-state index in [1.165, 1.54) is 64.2 Å². The molecule has 0 aromatic heterocycles. The van der Waals surface area contributed by atoms with Gasteiger partial charge in [0.1, 0.15) is 0 Å². The Bertz CT molecular complexity index is 263. The summed E-state index contributed by atoms with van der Waals surface area (Å²) in [5.74, 6) is 0.946. The molecular formula is C15H25N. The SMILES string of the molecule is C1=C2C(CCC1)CCCC2NC1CCCC1. The fourth-order valence-corrected chi connectivity index (χ4v) is 4.00. The largest absolute Gasteiger partial charge is 0.307 e. The van der Waals surface area contributed by atoms with Crippen molar-refractivity contribution in [2.24, 2.45) is 5.92 Å². The number of hydrogen-bond donors (Lipinski definition) is 1. The lowest BCUT2D eigenvalue weighted by atomic mass is 9.75. The van der Waals surface area contributed by atoms with Crippen LogP contribution in [0.15, 0.2) is 11.6 Å². The zero-order valence-electron chi connectivity index (χ0n) is 10.4. The molecule has 0 spiro atoms. The maximum Gasteiger partial charge on any atom is 0.0284 e. The van der Waals surface area contributed by atoms with Gasteiger partial charge in [-0.2, -0.15) is 0 Å². The summed E-state index contributed by atoms with van der Waals surface area (Å²) in [6.07, 6.45) is 16.9. The summed E-state index contributed by atoms with van der Waals surface area (Å²) in [6.45, 7) is 0. The third-order valence-corrected chi connectivity index (χ3v) is 4.85. The highest BCUT2D eigenvalue weighted by molar-refractivity contribution is 5.19. The molecule has 0 saturated heterocycles. The average molecular weight is 219 g/mol. The number of hydrogen-bond acceptors (Lipinski definition) is 1. The highest BCUT2D eigenvalue weighted by Crippen LogP contribution is 2.37. The number of fused-ring (bicyclic) bond motifs is 1. The van der Waals surface area contributed by atoms with Crippen molar-refractivity contribution in [2.45, 2.75) is 76.3 Å². The molecule has 3 rings (SSSR count). The van der Waals surface area contributed by atoms with Crippen LogP contribution in [0.1, 0.15) is 64.2 Å². The highest BCUT2D eigenvalue weighted by Gasteiger charge is 2.30. The molecule has 1 N–H and O–H groups in total. The van der Waals surface area contributed by atoms with Crippen molar-refractivity contribution in [1.29, 1.82) is 0 Å². The molecule has 90 valence electrons. The van der Waals surface area contributed by atoms with Crippen LogP contribution in [-0.2, 0) is 0 Å². The van der Waals surface area contributed by atoms with E-state index in [9.17, 15) is 0 Å². The first-order valence-corrected chi connectivity index (χ1v) is 7.39. The van der Waals surface area contributed by atoms with Crippen molar-refractivity contribution in [1.82, 2.24) is 5.32 Å². The van der Waals surface area contributed by atoms with Gasteiger partial charge in [-0.25, -0.2) is 0 Å². The van der Waals surface area contributed by atoms with Gasteiger partial charge in [-0.05, 0) is 50.9 Å². The van der Waals surface area contributed by atoms with Crippen molar-refractivity contribution in [3.05, 3.63) is 11.6 Å². The monoisotopic (exact) mass is 219 g/mol. The van der Waals surface area contributed by atoms with Crippen LogP contribution < -0.4 is 5.32 Å². The highest BCUT2D eigenvalue weighted by atomic mass is 15.0. The zero-order chi connectivity index (χ0) is 10.8. The van der Waals surface area contributed by atoms with Crippen LogP contribution in [0.5, 0.6) is 0 Å². The molecule has 0 radical (unpaired) electrons. The average Bonchev–Trinajstić information content (AvgIpc) is 2.82. The van der Waals surface area contributed by atoms with E-state index in [2.05, 4.69) is 11.4 Å². The third kappa shape index (κ3) is 2.20. The summed E-state index contributed by atoms with van der Waals surface area (Å²) < 4.78 is 0. The van der Waals surface area contributed by atoms with Crippen LogP contribution in [0, 0.1) is 5.92 Å². The first kappa shape index (κ1) is 10.8. The van der Waals surface area contributed by atoms with E-state index in [4.69, 9.17) is 0 Å². The minimum Gasteiger partial charge on any atom is -0.307 e. The van der Waals surface area contributed by atoms with E-state index in [1.807, 2.05) is 0 Å². The Kier molecular flexibility index (Phi) is 3.32. The Morgan fingerprint density at radius 2 is 1.69 bits per heavy atom. The first-order chi connectivity index (χ1) is 7.93. The van der Waals surface area contributed by atoms with Gasteiger partial charge in [0.25, 0.3) is 0 Å². The molecule has 16 heavy (non-hydrogen) atoms. The summed E-state index contributed by atoms with van der Waals surface area (Å²) in [4.78, 5) is 0. The van der Waals surface area contributed by atoms with Crippen LogP contribution in [0.25, 0.3) is 0 Å². The van der Waals surface area contributed by atoms with Gasteiger partial charge in [0.15, 0.2) is 0 Å². The Balaban J connectivity index is 1.65. The first-order valence-electron chi connectivity index (χ1n) is 7.39. The van der Waals surface area contributed by atoms with Crippen molar-refractivity contribution in [3.63, 3.8) is 0 Å². The smallest absolute Gasteiger partial charge is 0.0284 e. The zero-order valence-corrected chi connectivity index (χ0v) is 10.4. The summed E-state index contributed by atoms with van der Waals surface area (Å²) in [6, 6.07) is 1.59. The van der Waals surface area contributed by atoms with E-state index < -0.39 is 0 Å². The second-order valence-corrected chi connectivity index (χ2v) is 5.96. The van der Waals surface area contributed by atoms with Crippen LogP contribution in [-0.4, -0.2) is 12.1 Å². The third-order valence-electron chi connectivity index (χ3n) is 4.85. The molecule has 0 bridgehead atoms. The lowest BCUT2D eigenvalue weighted by molar-refractivity contribution is 0.323. The van der Waals surface area contributed by atoms with Gasteiger partial charge in [0, 0.05) is 12.1 Å². The molecule has 2 saturated carbocycles. The van der Waals surface area contributed by atoms with Gasteiger partial charge in [-0.1, -0.05) is 30.9 Å². The Morgan fingerprint density at radius 3 is 2.56 bits per heavy atom. The maximum absolute atomic E-state index is 3.95. The molecule has 1 nitrogen and oxygen atoms in total. The van der Waals surface area contributed by atoms with Crippen LogP contribution in [0.4, 0.5) is 0 Å². The Morgan fingerprint density at radius 1 is 0.875 bits per heavy atom. The number of allylic oxidation sites excluding steroid dienone is 1. The number of nitrogens with one attached hydrogen (secondary N) is 1. The van der Waals surface area contributed by atoms with E-state index in [-0.39, 0.29) is 0 Å². The second-order valence-electron chi connectivity index (χ2n) is 5.96. The van der Waals surface area contributed by atoms with Crippen molar-refractivity contribution >= 4 is 0 Å². The van der Waals surface area contributed by atoms with Crippen LogP contribution >= 0.6 is 0 Å². The maximum atomic E-state index is 3.95. The quantitative estimate of drug-likeness (QED) is 0.697. The Labute approximate surface area is 99.7 Å². The van der Waals surface area contributed by atoms with Crippen LogP contribution in [0.3, 0.4) is 0 Å². The van der Waals surface area contributed by atoms with E-state index >= 15 is 0 Å². The van der Waals surface area contributed by atoms with Crippen LogP contribution in [0.2, 0.25) is 0 Å². The lowest BCUT2D eigenvalue weighted by Crippen LogP contribution is -2.42. The fourth-order valence-electron chi connectivity index (χ4n) is 4.00. The van der Waals surface area contributed by atoms with Crippen molar-refractivity contribution < 1.29 is 0 Å². The van der Waals surface area contributed by atoms with Gasteiger partial charge in [-0.15, -0.1) is 0 Å². The predicted octanol–water partition coefficient (Wildman–Crippen LogP) is 3.80.